The van der Waals surface area contributed by atoms with Gasteiger partial charge in [-0.1, -0.05) is 73.8 Å². The van der Waals surface area contributed by atoms with E-state index in [2.05, 4.69) is 23.5 Å². The van der Waals surface area contributed by atoms with Gasteiger partial charge >= 0.3 is 0 Å². The first kappa shape index (κ1) is 21.0. The lowest BCUT2D eigenvalue weighted by molar-refractivity contribution is -0.123. The van der Waals surface area contributed by atoms with E-state index >= 15 is 0 Å². The normalized spacial score (nSPS) is 24.3. The minimum Gasteiger partial charge on any atom is -0.488 e. The van der Waals surface area contributed by atoms with Crippen LogP contribution in [0.5, 0.6) is 5.75 Å². The van der Waals surface area contributed by atoms with E-state index in [1.165, 1.54) is 12.8 Å². The van der Waals surface area contributed by atoms with Crippen molar-refractivity contribution in [2.45, 2.75) is 39.2 Å². The third kappa shape index (κ3) is 4.00. The van der Waals surface area contributed by atoms with Crippen molar-refractivity contribution >= 4 is 34.5 Å². The van der Waals surface area contributed by atoms with Crippen LogP contribution in [-0.2, 0) is 11.4 Å². The van der Waals surface area contributed by atoms with Crippen molar-refractivity contribution in [1.82, 2.24) is 5.43 Å². The van der Waals surface area contributed by atoms with E-state index < -0.39 is 0 Å². The van der Waals surface area contributed by atoms with Gasteiger partial charge in [0.2, 0.25) is 5.91 Å². The Bertz CT molecular complexity index is 1170. The number of fused-ring (bicyclic) bond motifs is 2. The van der Waals surface area contributed by atoms with Crippen LogP contribution in [0.15, 0.2) is 65.8 Å². The van der Waals surface area contributed by atoms with Crippen LogP contribution in [0.4, 0.5) is 0 Å². The predicted octanol–water partition coefficient (Wildman–Crippen LogP) is 6.35. The Labute approximate surface area is 193 Å². The molecule has 2 saturated carbocycles. The fourth-order valence-corrected chi connectivity index (χ4v) is 5.48. The maximum absolute atomic E-state index is 12.8. The number of hydrogen-bond donors (Lipinski definition) is 1. The first-order valence-electron chi connectivity index (χ1n) is 11.3. The van der Waals surface area contributed by atoms with Crippen LogP contribution in [0.3, 0.4) is 0 Å². The van der Waals surface area contributed by atoms with Crippen LogP contribution in [-0.4, -0.2) is 12.1 Å². The SMILES string of the molecule is C[C@]12CCCC[C@@H]1[C@H]2C(=O)N/N=C\c1c(OCc2ccc(Cl)cc2)ccc2ccccc12. The average Bonchev–Trinajstić information content (AvgIpc) is 3.44. The molecular weight excluding hydrogens is 420 g/mol. The molecule has 0 saturated heterocycles. The standard InChI is InChI=1S/C27H27ClN2O2/c1-27-15-5-4-8-23(27)25(27)26(31)30-29-16-22-21-7-3-2-6-19(21)11-14-24(22)32-17-18-9-12-20(28)13-10-18/h2-3,6-7,9-14,16,23,25H,4-5,8,15,17H2,1H3,(H,30,31)/b29-16-/t23-,25+,27+/m1/s1. The summed E-state index contributed by atoms with van der Waals surface area (Å²) in [5.41, 5.74) is 4.87. The molecular formula is C27H27ClN2O2. The summed E-state index contributed by atoms with van der Waals surface area (Å²) in [4.78, 5) is 12.8. The van der Waals surface area contributed by atoms with E-state index in [1.54, 1.807) is 6.21 Å². The van der Waals surface area contributed by atoms with Crippen molar-refractivity contribution in [1.29, 1.82) is 0 Å². The molecule has 5 rings (SSSR count). The highest BCUT2D eigenvalue weighted by Gasteiger charge is 2.64. The molecule has 32 heavy (non-hydrogen) atoms. The van der Waals surface area contributed by atoms with Crippen molar-refractivity contribution in [2.75, 3.05) is 0 Å². The van der Waals surface area contributed by atoms with E-state index in [0.717, 1.165) is 40.5 Å². The van der Waals surface area contributed by atoms with Crippen molar-refractivity contribution in [2.24, 2.45) is 22.4 Å². The highest BCUT2D eigenvalue weighted by atomic mass is 35.5. The first-order valence-corrected chi connectivity index (χ1v) is 11.7. The van der Waals surface area contributed by atoms with Crippen LogP contribution in [0.2, 0.25) is 5.02 Å². The van der Waals surface area contributed by atoms with Gasteiger partial charge in [0, 0.05) is 16.5 Å². The van der Waals surface area contributed by atoms with Gasteiger partial charge in [0.05, 0.1) is 6.21 Å². The molecule has 3 atom stereocenters. The summed E-state index contributed by atoms with van der Waals surface area (Å²) < 4.78 is 6.13. The fraction of sp³-hybridized carbons (Fsp3) is 0.333. The minimum atomic E-state index is 0.0412. The molecule has 5 heteroatoms. The van der Waals surface area contributed by atoms with Gasteiger partial charge in [-0.25, -0.2) is 5.43 Å². The molecule has 0 radical (unpaired) electrons. The molecule has 2 aliphatic rings. The maximum Gasteiger partial charge on any atom is 0.244 e. The number of hydrogen-bond acceptors (Lipinski definition) is 3. The van der Waals surface area contributed by atoms with Crippen molar-refractivity contribution in [3.05, 3.63) is 76.8 Å². The fourth-order valence-electron chi connectivity index (χ4n) is 5.36. The molecule has 164 valence electrons. The van der Waals surface area contributed by atoms with Crippen molar-refractivity contribution < 1.29 is 9.53 Å². The number of nitrogens with one attached hydrogen (secondary N) is 1. The van der Waals surface area contributed by atoms with Crippen LogP contribution in [0, 0.1) is 17.3 Å². The van der Waals surface area contributed by atoms with Gasteiger partial charge in [0.1, 0.15) is 12.4 Å². The lowest BCUT2D eigenvalue weighted by Gasteiger charge is -2.15. The molecule has 0 unspecified atom stereocenters. The Kier molecular flexibility index (Phi) is 5.64. The monoisotopic (exact) mass is 446 g/mol. The maximum atomic E-state index is 12.8. The highest BCUT2D eigenvalue weighted by Crippen LogP contribution is 2.66. The van der Waals surface area contributed by atoms with E-state index in [4.69, 9.17) is 16.3 Å². The van der Waals surface area contributed by atoms with Crippen molar-refractivity contribution in [3.63, 3.8) is 0 Å². The molecule has 2 aliphatic carbocycles. The number of halogens is 1. The summed E-state index contributed by atoms with van der Waals surface area (Å²) in [5.74, 6) is 1.38. The Morgan fingerprint density at radius 2 is 1.97 bits per heavy atom. The lowest BCUT2D eigenvalue weighted by Crippen LogP contribution is -2.22. The molecule has 3 aromatic carbocycles. The van der Waals surface area contributed by atoms with Gasteiger partial charge < -0.3 is 4.74 Å². The van der Waals surface area contributed by atoms with Crippen LogP contribution in [0.25, 0.3) is 10.8 Å². The number of nitrogens with zero attached hydrogens (tertiary/aromatic N) is 1. The lowest BCUT2D eigenvalue weighted by atomic mass is 9.90. The number of carbonyl (C=O) groups is 1. The molecule has 0 spiro atoms. The Hall–Kier alpha value is -2.85. The summed E-state index contributed by atoms with van der Waals surface area (Å²) in [6.45, 7) is 2.67. The number of hydrazone groups is 1. The summed E-state index contributed by atoms with van der Waals surface area (Å²) in [7, 11) is 0. The summed E-state index contributed by atoms with van der Waals surface area (Å²) in [6.07, 6.45) is 6.48. The average molecular weight is 447 g/mol. The van der Waals surface area contributed by atoms with Crippen LogP contribution >= 0.6 is 11.6 Å². The van der Waals surface area contributed by atoms with Gasteiger partial charge in [-0.15, -0.1) is 0 Å². The second-order valence-electron chi connectivity index (χ2n) is 9.18. The second kappa shape index (κ2) is 8.59. The summed E-state index contributed by atoms with van der Waals surface area (Å²) in [5, 5.41) is 7.18. The number of rotatable bonds is 6. The quantitative estimate of drug-likeness (QED) is 0.354. The molecule has 0 aromatic heterocycles. The van der Waals surface area contributed by atoms with Gasteiger partial charge in [0.25, 0.3) is 0 Å². The largest absolute Gasteiger partial charge is 0.488 e. The Morgan fingerprint density at radius 3 is 2.75 bits per heavy atom. The number of benzene rings is 3. The minimum absolute atomic E-state index is 0.0412. The van der Waals surface area contributed by atoms with Crippen LogP contribution < -0.4 is 10.2 Å². The molecule has 0 heterocycles. The molecule has 3 aromatic rings. The number of ether oxygens (including phenoxy) is 1. The molecule has 2 fully saturated rings. The third-order valence-electron chi connectivity index (χ3n) is 7.22. The Balaban J connectivity index is 1.35. The van der Waals surface area contributed by atoms with Gasteiger partial charge in [0.15, 0.2) is 0 Å². The summed E-state index contributed by atoms with van der Waals surface area (Å²) >= 11 is 5.98. The number of carbonyl (C=O) groups excluding carboxylic acids is 1. The molecule has 1 N–H and O–H groups in total. The van der Waals surface area contributed by atoms with E-state index in [-0.39, 0.29) is 17.2 Å². The number of amides is 1. The zero-order valence-electron chi connectivity index (χ0n) is 18.2. The first-order chi connectivity index (χ1) is 15.6. The van der Waals surface area contributed by atoms with E-state index in [1.807, 2.05) is 54.6 Å². The van der Waals surface area contributed by atoms with Gasteiger partial charge in [-0.05, 0) is 58.7 Å². The molecule has 1 amide bonds. The zero-order valence-corrected chi connectivity index (χ0v) is 18.9. The molecule has 0 bridgehead atoms. The summed E-state index contributed by atoms with van der Waals surface area (Å²) in [6, 6.07) is 19.7. The predicted molar refractivity (Wildman–Crippen MR) is 129 cm³/mol. The van der Waals surface area contributed by atoms with Gasteiger partial charge in [-0.2, -0.15) is 5.10 Å². The molecule has 4 nitrogen and oxygen atoms in total. The Morgan fingerprint density at radius 1 is 1.16 bits per heavy atom. The van der Waals surface area contributed by atoms with E-state index in [9.17, 15) is 4.79 Å². The van der Waals surface area contributed by atoms with E-state index in [0.29, 0.717) is 17.5 Å². The topological polar surface area (TPSA) is 50.7 Å². The third-order valence-corrected chi connectivity index (χ3v) is 7.47. The van der Waals surface area contributed by atoms with Crippen molar-refractivity contribution in [3.8, 4) is 5.75 Å². The smallest absolute Gasteiger partial charge is 0.244 e. The molecule has 0 aliphatic heterocycles. The van der Waals surface area contributed by atoms with Crippen LogP contribution in [0.1, 0.15) is 43.7 Å². The highest BCUT2D eigenvalue weighted by molar-refractivity contribution is 6.30. The second-order valence-corrected chi connectivity index (χ2v) is 9.62. The zero-order chi connectivity index (χ0) is 22.1. The van der Waals surface area contributed by atoms with Gasteiger partial charge in [-0.3, -0.25) is 4.79 Å².